The number of rotatable bonds is 3. The van der Waals surface area contributed by atoms with E-state index < -0.39 is 12.1 Å². The Bertz CT molecular complexity index is 499. The summed E-state index contributed by atoms with van der Waals surface area (Å²) in [5, 5.41) is 21.1. The highest BCUT2D eigenvalue weighted by atomic mass is 16.4. The SMILES string of the molecule is CC1CCN(C(=O)NCc2ccc(C(=O)O)o2)CC1O. The van der Waals surface area contributed by atoms with Gasteiger partial charge in [0.05, 0.1) is 12.6 Å². The Hall–Kier alpha value is -2.02. The Kier molecular flexibility index (Phi) is 4.29. The number of carboxylic acids is 1. The Morgan fingerprint density at radius 2 is 2.25 bits per heavy atom. The topological polar surface area (TPSA) is 103 Å². The van der Waals surface area contributed by atoms with E-state index >= 15 is 0 Å². The van der Waals surface area contributed by atoms with Crippen LogP contribution in [0.2, 0.25) is 0 Å². The first kappa shape index (κ1) is 14.4. The van der Waals surface area contributed by atoms with E-state index in [4.69, 9.17) is 9.52 Å². The van der Waals surface area contributed by atoms with Crippen LogP contribution in [0.15, 0.2) is 16.5 Å². The molecule has 110 valence electrons. The molecule has 1 fully saturated rings. The van der Waals surface area contributed by atoms with Gasteiger partial charge in [0.15, 0.2) is 0 Å². The van der Waals surface area contributed by atoms with Gasteiger partial charge in [-0.25, -0.2) is 9.59 Å². The van der Waals surface area contributed by atoms with Crippen LogP contribution in [0.25, 0.3) is 0 Å². The Balaban J connectivity index is 1.84. The lowest BCUT2D eigenvalue weighted by Gasteiger charge is -2.34. The summed E-state index contributed by atoms with van der Waals surface area (Å²) < 4.78 is 5.04. The van der Waals surface area contributed by atoms with Crippen LogP contribution in [0.3, 0.4) is 0 Å². The van der Waals surface area contributed by atoms with Crippen molar-refractivity contribution in [3.63, 3.8) is 0 Å². The molecule has 20 heavy (non-hydrogen) atoms. The number of aliphatic hydroxyl groups is 1. The third-order valence-electron chi connectivity index (χ3n) is 3.49. The minimum absolute atomic E-state index is 0.119. The lowest BCUT2D eigenvalue weighted by Crippen LogP contribution is -2.49. The van der Waals surface area contributed by atoms with E-state index in [1.807, 2.05) is 6.92 Å². The number of hydrogen-bond donors (Lipinski definition) is 3. The average Bonchev–Trinajstić information content (AvgIpc) is 2.88. The fourth-order valence-corrected chi connectivity index (χ4v) is 2.10. The first-order valence-electron chi connectivity index (χ1n) is 6.50. The van der Waals surface area contributed by atoms with Crippen molar-refractivity contribution < 1.29 is 24.2 Å². The first-order chi connectivity index (χ1) is 9.47. The molecule has 2 heterocycles. The van der Waals surface area contributed by atoms with Gasteiger partial charge in [-0.15, -0.1) is 0 Å². The van der Waals surface area contributed by atoms with Crippen LogP contribution >= 0.6 is 0 Å². The van der Waals surface area contributed by atoms with E-state index in [-0.39, 0.29) is 24.3 Å². The third kappa shape index (κ3) is 3.30. The molecule has 2 rings (SSSR count). The van der Waals surface area contributed by atoms with Crippen LogP contribution in [-0.2, 0) is 6.54 Å². The number of hydrogen-bond acceptors (Lipinski definition) is 4. The van der Waals surface area contributed by atoms with Crippen LogP contribution < -0.4 is 5.32 Å². The van der Waals surface area contributed by atoms with Crippen LogP contribution in [-0.4, -0.2) is 46.3 Å². The number of piperidine rings is 1. The second-order valence-corrected chi connectivity index (χ2v) is 5.01. The number of β-amino-alcohol motifs (C(OH)–C–C–N with tert-alkyl or cyclic N) is 1. The van der Waals surface area contributed by atoms with Crippen LogP contribution in [0, 0.1) is 5.92 Å². The van der Waals surface area contributed by atoms with Crippen molar-refractivity contribution in [3.8, 4) is 0 Å². The maximum absolute atomic E-state index is 11.9. The molecule has 7 nitrogen and oxygen atoms in total. The van der Waals surface area contributed by atoms with Gasteiger partial charge >= 0.3 is 12.0 Å². The van der Waals surface area contributed by atoms with Crippen molar-refractivity contribution in [2.45, 2.75) is 26.0 Å². The van der Waals surface area contributed by atoms with E-state index in [1.165, 1.54) is 12.1 Å². The van der Waals surface area contributed by atoms with Crippen molar-refractivity contribution in [2.24, 2.45) is 5.92 Å². The Morgan fingerprint density at radius 3 is 2.85 bits per heavy atom. The zero-order valence-corrected chi connectivity index (χ0v) is 11.2. The molecule has 1 aromatic rings. The molecule has 1 aliphatic rings. The lowest BCUT2D eigenvalue weighted by molar-refractivity contribution is 0.0434. The van der Waals surface area contributed by atoms with Gasteiger partial charge in [-0.2, -0.15) is 0 Å². The van der Waals surface area contributed by atoms with E-state index in [9.17, 15) is 14.7 Å². The van der Waals surface area contributed by atoms with Gasteiger partial charge in [-0.1, -0.05) is 6.92 Å². The molecular formula is C13H18N2O5. The van der Waals surface area contributed by atoms with Gasteiger partial charge in [0.2, 0.25) is 5.76 Å². The first-order valence-corrected chi connectivity index (χ1v) is 6.50. The molecule has 1 saturated heterocycles. The van der Waals surface area contributed by atoms with E-state index in [2.05, 4.69) is 5.32 Å². The summed E-state index contributed by atoms with van der Waals surface area (Å²) in [5.74, 6) is -0.726. The molecule has 0 aromatic carbocycles. The maximum Gasteiger partial charge on any atom is 0.371 e. The molecule has 2 unspecified atom stereocenters. The van der Waals surface area contributed by atoms with Gasteiger partial charge in [-0.05, 0) is 24.5 Å². The zero-order valence-electron chi connectivity index (χ0n) is 11.2. The number of urea groups is 1. The highest BCUT2D eigenvalue weighted by molar-refractivity contribution is 5.84. The Morgan fingerprint density at radius 1 is 1.50 bits per heavy atom. The van der Waals surface area contributed by atoms with Crippen LogP contribution in [0.4, 0.5) is 4.79 Å². The summed E-state index contributed by atoms with van der Waals surface area (Å²) in [7, 11) is 0. The van der Waals surface area contributed by atoms with E-state index in [1.54, 1.807) is 4.90 Å². The number of nitrogens with zero attached hydrogens (tertiary/aromatic N) is 1. The van der Waals surface area contributed by atoms with Crippen molar-refractivity contribution >= 4 is 12.0 Å². The molecule has 1 aliphatic heterocycles. The fraction of sp³-hybridized carbons (Fsp3) is 0.538. The highest BCUT2D eigenvalue weighted by Crippen LogP contribution is 2.17. The Labute approximate surface area is 116 Å². The molecule has 2 amide bonds. The summed E-state index contributed by atoms with van der Waals surface area (Å²) in [6.45, 7) is 2.98. The predicted octanol–water partition coefficient (Wildman–Crippen LogP) is 0.890. The second-order valence-electron chi connectivity index (χ2n) is 5.01. The number of amides is 2. The van der Waals surface area contributed by atoms with Crippen molar-refractivity contribution in [1.82, 2.24) is 10.2 Å². The molecule has 0 saturated carbocycles. The van der Waals surface area contributed by atoms with Crippen LogP contribution in [0.5, 0.6) is 0 Å². The number of carboxylic acid groups (broad SMARTS) is 1. The average molecular weight is 282 g/mol. The maximum atomic E-state index is 11.9. The summed E-state index contributed by atoms with van der Waals surface area (Å²) in [4.78, 5) is 24.1. The largest absolute Gasteiger partial charge is 0.475 e. The summed E-state index contributed by atoms with van der Waals surface area (Å²) >= 11 is 0. The molecule has 3 N–H and O–H groups in total. The van der Waals surface area contributed by atoms with E-state index in [0.717, 1.165) is 6.42 Å². The molecule has 1 aromatic heterocycles. The number of furan rings is 1. The van der Waals surface area contributed by atoms with Gasteiger partial charge < -0.3 is 24.8 Å². The number of carbonyl (C=O) groups is 2. The number of carbonyl (C=O) groups excluding carboxylic acids is 1. The quantitative estimate of drug-likeness (QED) is 0.764. The van der Waals surface area contributed by atoms with Gasteiger partial charge in [0, 0.05) is 13.1 Å². The summed E-state index contributed by atoms with van der Waals surface area (Å²) in [6, 6.07) is 2.57. The second kappa shape index (κ2) is 5.96. The minimum Gasteiger partial charge on any atom is -0.475 e. The van der Waals surface area contributed by atoms with Crippen molar-refractivity contribution in [1.29, 1.82) is 0 Å². The van der Waals surface area contributed by atoms with Gasteiger partial charge in [0.1, 0.15) is 5.76 Å². The van der Waals surface area contributed by atoms with Gasteiger partial charge in [-0.3, -0.25) is 0 Å². The third-order valence-corrected chi connectivity index (χ3v) is 3.49. The highest BCUT2D eigenvalue weighted by Gasteiger charge is 2.27. The number of nitrogens with one attached hydrogen (secondary N) is 1. The number of likely N-dealkylation sites (tertiary alicyclic amines) is 1. The van der Waals surface area contributed by atoms with Crippen LogP contribution in [0.1, 0.15) is 29.7 Å². The number of aliphatic hydroxyl groups excluding tert-OH is 1. The molecule has 7 heteroatoms. The molecule has 2 atom stereocenters. The number of aromatic carboxylic acids is 1. The standard InChI is InChI=1S/C13H18N2O5/c1-8-4-5-15(7-10(8)16)13(19)14-6-9-2-3-11(20-9)12(17)18/h2-3,8,10,16H,4-7H2,1H3,(H,14,19)(H,17,18). The fourth-order valence-electron chi connectivity index (χ4n) is 2.10. The lowest BCUT2D eigenvalue weighted by atomic mass is 9.96. The molecular weight excluding hydrogens is 264 g/mol. The molecule has 0 aliphatic carbocycles. The van der Waals surface area contributed by atoms with Crippen molar-refractivity contribution in [2.75, 3.05) is 13.1 Å². The summed E-state index contributed by atoms with van der Waals surface area (Å²) in [6.07, 6.45) is 0.259. The van der Waals surface area contributed by atoms with Gasteiger partial charge in [0.25, 0.3) is 0 Å². The summed E-state index contributed by atoms with van der Waals surface area (Å²) in [5.41, 5.74) is 0. The van der Waals surface area contributed by atoms with E-state index in [0.29, 0.717) is 18.8 Å². The van der Waals surface area contributed by atoms with Crippen molar-refractivity contribution in [3.05, 3.63) is 23.7 Å². The zero-order chi connectivity index (χ0) is 14.7. The molecule has 0 spiro atoms. The monoisotopic (exact) mass is 282 g/mol. The normalized spacial score (nSPS) is 22.6. The molecule has 0 bridgehead atoms. The smallest absolute Gasteiger partial charge is 0.371 e. The predicted molar refractivity (Wildman–Crippen MR) is 69.3 cm³/mol. The minimum atomic E-state index is -1.14. The molecule has 0 radical (unpaired) electrons.